The van der Waals surface area contributed by atoms with Gasteiger partial charge < -0.3 is 0 Å². The first-order valence-electron chi connectivity index (χ1n) is 9.72. The monoisotopic (exact) mass is 372 g/mol. The summed E-state index contributed by atoms with van der Waals surface area (Å²) in [6, 6.07) is 9.89. The van der Waals surface area contributed by atoms with Crippen molar-refractivity contribution in [3.05, 3.63) is 54.7 Å². The lowest BCUT2D eigenvalue weighted by Crippen LogP contribution is -2.68. The van der Waals surface area contributed by atoms with E-state index in [9.17, 15) is 4.79 Å². The third-order valence-electron chi connectivity index (χ3n) is 6.55. The van der Waals surface area contributed by atoms with Crippen molar-refractivity contribution in [2.75, 3.05) is 0 Å². The highest BCUT2D eigenvalue weighted by Crippen LogP contribution is 2.74. The number of nitrogens with zero attached hydrogens (tertiary/aromatic N) is 6. The van der Waals surface area contributed by atoms with Crippen molar-refractivity contribution in [3.63, 3.8) is 0 Å². The fourth-order valence-electron chi connectivity index (χ4n) is 5.41. The largest absolute Gasteiger partial charge is 0.272 e. The molecule has 140 valence electrons. The highest BCUT2D eigenvalue weighted by molar-refractivity contribution is 5.88. The van der Waals surface area contributed by atoms with Crippen LogP contribution in [0.3, 0.4) is 0 Å². The van der Waals surface area contributed by atoms with Gasteiger partial charge in [0.15, 0.2) is 5.82 Å². The molecule has 1 unspecified atom stereocenters. The number of hydrogen-bond donors (Lipinski definition) is 0. The number of aromatic nitrogens is 4. The molecule has 1 aromatic carbocycles. The number of benzene rings is 1. The van der Waals surface area contributed by atoms with Crippen molar-refractivity contribution in [1.29, 1.82) is 0 Å². The molecule has 7 heteroatoms. The van der Waals surface area contributed by atoms with Gasteiger partial charge in [-0.05, 0) is 36.8 Å². The fourth-order valence-corrected chi connectivity index (χ4v) is 5.41. The number of rotatable bonds is 4. The number of hydrogen-bond acceptors (Lipinski definition) is 5. The van der Waals surface area contributed by atoms with Crippen LogP contribution in [0.15, 0.2) is 54.0 Å². The second-order valence-corrected chi connectivity index (χ2v) is 8.48. The lowest BCUT2D eigenvalue weighted by Gasteiger charge is -2.69. The van der Waals surface area contributed by atoms with E-state index in [1.807, 2.05) is 18.3 Å². The zero-order chi connectivity index (χ0) is 18.8. The van der Waals surface area contributed by atoms with Gasteiger partial charge in [0.05, 0.1) is 17.1 Å². The van der Waals surface area contributed by atoms with E-state index >= 15 is 0 Å². The maximum atomic E-state index is 13.3. The van der Waals surface area contributed by atoms with E-state index in [0.717, 1.165) is 36.7 Å². The SMILES string of the molecule is O=C(N1N=CCC1c1ncccn1)C12CC(Cn3ncc4ccccc43)(C1)C2. The van der Waals surface area contributed by atoms with Gasteiger partial charge in [-0.15, -0.1) is 0 Å². The first-order chi connectivity index (χ1) is 13.7. The Kier molecular flexibility index (Phi) is 3.11. The van der Waals surface area contributed by atoms with Crippen LogP contribution in [-0.4, -0.2) is 36.9 Å². The molecule has 0 spiro atoms. The summed E-state index contributed by atoms with van der Waals surface area (Å²) in [5, 5.41) is 11.7. The summed E-state index contributed by atoms with van der Waals surface area (Å²) in [4.78, 5) is 21.9. The van der Waals surface area contributed by atoms with E-state index in [1.165, 1.54) is 0 Å². The van der Waals surface area contributed by atoms with Crippen LogP contribution < -0.4 is 0 Å². The quantitative estimate of drug-likeness (QED) is 0.706. The van der Waals surface area contributed by atoms with Crippen LogP contribution in [0, 0.1) is 10.8 Å². The zero-order valence-electron chi connectivity index (χ0n) is 15.4. The van der Waals surface area contributed by atoms with E-state index in [4.69, 9.17) is 0 Å². The summed E-state index contributed by atoms with van der Waals surface area (Å²) in [5.41, 5.74) is 1.11. The second kappa shape index (κ2) is 5.47. The molecule has 0 N–H and O–H groups in total. The minimum Gasteiger partial charge on any atom is -0.272 e. The summed E-state index contributed by atoms with van der Waals surface area (Å²) in [6.45, 7) is 0.879. The summed E-state index contributed by atoms with van der Waals surface area (Å²) >= 11 is 0. The molecule has 0 saturated heterocycles. The molecule has 7 nitrogen and oxygen atoms in total. The Bertz CT molecular complexity index is 1080. The Hall–Kier alpha value is -3.09. The Morgan fingerprint density at radius 3 is 2.71 bits per heavy atom. The normalized spacial score (nSPS) is 30.3. The number of amides is 1. The van der Waals surface area contributed by atoms with Crippen molar-refractivity contribution in [1.82, 2.24) is 24.8 Å². The molecule has 2 aromatic heterocycles. The molecule has 1 atom stereocenters. The van der Waals surface area contributed by atoms with Crippen molar-refractivity contribution < 1.29 is 4.79 Å². The van der Waals surface area contributed by atoms with E-state index in [0.29, 0.717) is 12.2 Å². The molecule has 3 aromatic rings. The molecular formula is C21H20N6O. The zero-order valence-corrected chi connectivity index (χ0v) is 15.4. The third-order valence-corrected chi connectivity index (χ3v) is 6.55. The Morgan fingerprint density at radius 2 is 1.89 bits per heavy atom. The van der Waals surface area contributed by atoms with Gasteiger partial charge in [0.25, 0.3) is 0 Å². The predicted octanol–water partition coefficient (Wildman–Crippen LogP) is 2.96. The third kappa shape index (κ3) is 2.13. The van der Waals surface area contributed by atoms with Gasteiger partial charge in [-0.3, -0.25) is 9.48 Å². The van der Waals surface area contributed by atoms with Crippen LogP contribution in [0.4, 0.5) is 0 Å². The maximum Gasteiger partial charge on any atom is 0.249 e. The van der Waals surface area contributed by atoms with E-state index in [2.05, 4.69) is 37.0 Å². The summed E-state index contributed by atoms with van der Waals surface area (Å²) in [7, 11) is 0. The van der Waals surface area contributed by atoms with E-state index < -0.39 is 0 Å². The fraction of sp³-hybridized carbons (Fsp3) is 0.381. The number of fused-ring (bicyclic) bond motifs is 1. The molecule has 1 amide bonds. The van der Waals surface area contributed by atoms with Gasteiger partial charge >= 0.3 is 0 Å². The molecular weight excluding hydrogens is 352 g/mol. The van der Waals surface area contributed by atoms with Crippen molar-refractivity contribution in [2.45, 2.75) is 38.3 Å². The summed E-state index contributed by atoms with van der Waals surface area (Å²) in [5.74, 6) is 0.795. The first kappa shape index (κ1) is 15.9. The first-order valence-corrected chi connectivity index (χ1v) is 9.72. The highest BCUT2D eigenvalue weighted by Gasteiger charge is 2.72. The van der Waals surface area contributed by atoms with Crippen LogP contribution in [-0.2, 0) is 11.3 Å². The van der Waals surface area contributed by atoms with Crippen LogP contribution in [0.2, 0.25) is 0 Å². The number of carbonyl (C=O) groups is 1. The smallest absolute Gasteiger partial charge is 0.249 e. The van der Waals surface area contributed by atoms with Gasteiger partial charge in [-0.25, -0.2) is 15.0 Å². The van der Waals surface area contributed by atoms with Gasteiger partial charge in [0.1, 0.15) is 6.04 Å². The van der Waals surface area contributed by atoms with Gasteiger partial charge in [-0.2, -0.15) is 10.2 Å². The molecule has 4 aliphatic rings. The molecule has 1 aliphatic heterocycles. The topological polar surface area (TPSA) is 76.3 Å². The number of carbonyl (C=O) groups excluding carboxylic acids is 1. The molecule has 3 fully saturated rings. The Balaban J connectivity index is 1.18. The average Bonchev–Trinajstić information content (AvgIpc) is 3.31. The second-order valence-electron chi connectivity index (χ2n) is 8.48. The molecule has 0 radical (unpaired) electrons. The van der Waals surface area contributed by atoms with Gasteiger partial charge in [0, 0.05) is 37.0 Å². The standard InChI is InChI=1S/C21H20N6O/c28-19(27-17(6-9-24-27)18-22-7-3-8-23-18)21-11-20(12-21,13-21)14-26-16-5-2-1-4-15(16)10-25-26/h1-5,7-10,17H,6,11-14H2. The van der Waals surface area contributed by atoms with Crippen molar-refractivity contribution >= 4 is 23.0 Å². The molecule has 3 aliphatic carbocycles. The molecule has 28 heavy (non-hydrogen) atoms. The van der Waals surface area contributed by atoms with Crippen molar-refractivity contribution in [3.8, 4) is 0 Å². The Labute approximate surface area is 162 Å². The number of hydrazone groups is 1. The van der Waals surface area contributed by atoms with E-state index in [1.54, 1.807) is 29.7 Å². The predicted molar refractivity (Wildman–Crippen MR) is 103 cm³/mol. The van der Waals surface area contributed by atoms with E-state index in [-0.39, 0.29) is 22.8 Å². The van der Waals surface area contributed by atoms with Crippen LogP contribution in [0.25, 0.3) is 10.9 Å². The van der Waals surface area contributed by atoms with Gasteiger partial charge in [-0.1, -0.05) is 18.2 Å². The van der Waals surface area contributed by atoms with Crippen molar-refractivity contribution in [2.24, 2.45) is 15.9 Å². The van der Waals surface area contributed by atoms with Gasteiger partial charge in [0.2, 0.25) is 5.91 Å². The lowest BCUT2D eigenvalue weighted by atomic mass is 9.34. The molecule has 2 bridgehead atoms. The number of para-hydroxylation sites is 1. The maximum absolute atomic E-state index is 13.3. The average molecular weight is 372 g/mol. The van der Waals surface area contributed by atoms with Crippen LogP contribution in [0.1, 0.15) is 37.5 Å². The summed E-state index contributed by atoms with van der Waals surface area (Å²) in [6.07, 6.45) is 10.6. The molecule has 7 rings (SSSR count). The summed E-state index contributed by atoms with van der Waals surface area (Å²) < 4.78 is 2.09. The van der Waals surface area contributed by atoms with Crippen LogP contribution >= 0.6 is 0 Å². The lowest BCUT2D eigenvalue weighted by molar-refractivity contribution is -0.223. The van der Waals surface area contributed by atoms with Crippen LogP contribution in [0.5, 0.6) is 0 Å². The minimum atomic E-state index is -0.252. The Morgan fingerprint density at radius 1 is 1.11 bits per heavy atom. The minimum absolute atomic E-state index is 0.130. The molecule has 3 saturated carbocycles. The molecule has 3 heterocycles. The highest BCUT2D eigenvalue weighted by atomic mass is 16.2.